The molecule has 11 heteroatoms. The molecule has 0 saturated carbocycles. The summed E-state index contributed by atoms with van der Waals surface area (Å²) < 4.78 is 38.6. The lowest BCUT2D eigenvalue weighted by molar-refractivity contribution is -0.161. The van der Waals surface area contributed by atoms with Gasteiger partial charge in [0.2, 0.25) is 0 Å². The highest BCUT2D eigenvalue weighted by Gasteiger charge is 2.36. The fourth-order valence-electron chi connectivity index (χ4n) is 6.29. The van der Waals surface area contributed by atoms with E-state index in [0.29, 0.717) is 18.6 Å². The quantitative estimate of drug-likeness (QED) is 0.0204. The van der Waals surface area contributed by atoms with Crippen LogP contribution in [0.5, 0.6) is 0 Å². The molecule has 0 spiro atoms. The average molecular weight is 760 g/mol. The predicted octanol–water partition coefficient (Wildman–Crippen LogP) is 10.8. The first-order valence-corrected chi connectivity index (χ1v) is 22.8. The van der Waals surface area contributed by atoms with Gasteiger partial charge >= 0.3 is 19.8 Å². The molecule has 4 atom stereocenters. The number of rotatable bonds is 39. The van der Waals surface area contributed by atoms with Gasteiger partial charge < -0.3 is 24.8 Å². The Hall–Kier alpha value is -1.29. The van der Waals surface area contributed by atoms with E-state index in [1.807, 2.05) is 0 Å². The van der Waals surface area contributed by atoms with E-state index in [0.717, 1.165) is 64.2 Å². The molecule has 1 rings (SSSR count). The molecule has 0 aromatic heterocycles. The molecule has 1 saturated heterocycles. The summed E-state index contributed by atoms with van der Waals surface area (Å²) in [6, 6.07) is 0. The van der Waals surface area contributed by atoms with Crippen LogP contribution in [-0.2, 0) is 37.4 Å². The van der Waals surface area contributed by atoms with E-state index in [4.69, 9.17) is 29.0 Å². The maximum atomic E-state index is 12.6. The number of epoxide rings is 1. The number of nitrogens with two attached hydrogens (primary N) is 1. The molecule has 0 aliphatic carbocycles. The maximum absolute atomic E-state index is 12.6. The lowest BCUT2D eigenvalue weighted by atomic mass is 10.0. The molecule has 1 heterocycles. The first-order valence-electron chi connectivity index (χ1n) is 21.3. The Labute approximate surface area is 317 Å². The fraction of sp³-hybridized carbons (Fsp3) is 0.902. The Morgan fingerprint density at radius 3 is 1.77 bits per heavy atom. The third-order valence-corrected chi connectivity index (χ3v) is 10.6. The van der Waals surface area contributed by atoms with Crippen molar-refractivity contribution in [3.63, 3.8) is 0 Å². The Balaban J connectivity index is 2.18. The van der Waals surface area contributed by atoms with Gasteiger partial charge in [0, 0.05) is 19.4 Å². The lowest BCUT2D eigenvalue weighted by Crippen LogP contribution is -2.29. The molecule has 0 aromatic rings. The summed E-state index contributed by atoms with van der Waals surface area (Å²) in [5.41, 5.74) is 5.34. The lowest BCUT2D eigenvalue weighted by Gasteiger charge is -2.19. The maximum Gasteiger partial charge on any atom is 0.472 e. The van der Waals surface area contributed by atoms with E-state index in [2.05, 4.69) is 26.0 Å². The zero-order valence-corrected chi connectivity index (χ0v) is 34.1. The molecule has 0 amide bonds. The van der Waals surface area contributed by atoms with Crippen LogP contribution >= 0.6 is 7.82 Å². The van der Waals surface area contributed by atoms with Gasteiger partial charge in [0.15, 0.2) is 6.10 Å². The zero-order chi connectivity index (χ0) is 38.0. The predicted molar refractivity (Wildman–Crippen MR) is 210 cm³/mol. The van der Waals surface area contributed by atoms with E-state index < -0.39 is 26.5 Å². The molecule has 52 heavy (non-hydrogen) atoms. The number of hydrogen-bond acceptors (Lipinski definition) is 9. The van der Waals surface area contributed by atoms with Crippen molar-refractivity contribution in [1.82, 2.24) is 0 Å². The van der Waals surface area contributed by atoms with Crippen LogP contribution in [0.2, 0.25) is 0 Å². The summed E-state index contributed by atoms with van der Waals surface area (Å²) in [7, 11) is -4.38. The molecule has 10 nitrogen and oxygen atoms in total. The van der Waals surface area contributed by atoms with E-state index in [9.17, 15) is 19.0 Å². The van der Waals surface area contributed by atoms with Crippen molar-refractivity contribution in [2.45, 2.75) is 212 Å². The number of hydrogen-bond donors (Lipinski definition) is 2. The van der Waals surface area contributed by atoms with Gasteiger partial charge in [-0.25, -0.2) is 4.57 Å². The van der Waals surface area contributed by atoms with Crippen molar-refractivity contribution in [3.8, 4) is 0 Å². The molecule has 3 N–H and O–H groups in total. The van der Waals surface area contributed by atoms with E-state index in [-0.39, 0.29) is 38.6 Å². The Kier molecular flexibility index (Phi) is 32.1. The number of unbranched alkanes of at least 4 members (excludes halogenated alkanes) is 21. The van der Waals surface area contributed by atoms with Crippen LogP contribution in [0.4, 0.5) is 0 Å². The van der Waals surface area contributed by atoms with Crippen molar-refractivity contribution in [3.05, 3.63) is 12.2 Å². The molecule has 1 aliphatic heterocycles. The normalized spacial score (nSPS) is 17.3. The number of carbonyl (C=O) groups excluding carboxylic acids is 2. The number of esters is 2. The standard InChI is InChI=1S/C41H78NO9P/c1-3-5-7-9-11-12-13-14-15-16-17-18-19-23-27-31-40(43)47-35-37(36-49-52(45,46)48-34-33-42)50-41(44)32-28-24-20-22-26-30-39-38(51-39)29-25-21-10-8-6-4-2/h21,25,37-39H,3-20,22-24,26-36,42H2,1-2H3,(H,45,46)/b25-21-/t37-,38?,39?/m1/s1. The molecule has 3 unspecified atom stereocenters. The highest BCUT2D eigenvalue weighted by atomic mass is 31.2. The van der Waals surface area contributed by atoms with Crippen molar-refractivity contribution >= 4 is 19.8 Å². The van der Waals surface area contributed by atoms with Gasteiger partial charge in [-0.15, -0.1) is 0 Å². The van der Waals surface area contributed by atoms with E-state index in [1.54, 1.807) is 0 Å². The summed E-state index contributed by atoms with van der Waals surface area (Å²) in [5, 5.41) is 0. The summed E-state index contributed by atoms with van der Waals surface area (Å²) in [5.74, 6) is -0.844. The van der Waals surface area contributed by atoms with Crippen molar-refractivity contribution in [2.75, 3.05) is 26.4 Å². The summed E-state index contributed by atoms with van der Waals surface area (Å²) in [6.45, 7) is 3.69. The van der Waals surface area contributed by atoms with Crippen molar-refractivity contribution < 1.29 is 42.3 Å². The minimum absolute atomic E-state index is 0.0506. The van der Waals surface area contributed by atoms with Gasteiger partial charge in [-0.05, 0) is 38.5 Å². The molecular formula is C41H78NO9P. The summed E-state index contributed by atoms with van der Waals surface area (Å²) in [6.07, 6.45) is 35.4. The van der Waals surface area contributed by atoms with Crippen molar-refractivity contribution in [1.29, 1.82) is 0 Å². The third-order valence-electron chi connectivity index (χ3n) is 9.58. The smallest absolute Gasteiger partial charge is 0.462 e. The summed E-state index contributed by atoms with van der Waals surface area (Å²) >= 11 is 0. The van der Waals surface area contributed by atoms with Gasteiger partial charge in [-0.3, -0.25) is 18.6 Å². The number of phosphoric acid groups is 1. The van der Waals surface area contributed by atoms with E-state index >= 15 is 0 Å². The Morgan fingerprint density at radius 2 is 1.19 bits per heavy atom. The molecule has 1 fully saturated rings. The van der Waals surface area contributed by atoms with Crippen LogP contribution in [0.15, 0.2) is 12.2 Å². The monoisotopic (exact) mass is 760 g/mol. The van der Waals surface area contributed by atoms with Crippen LogP contribution in [0, 0.1) is 0 Å². The second-order valence-electron chi connectivity index (χ2n) is 14.6. The molecular weight excluding hydrogens is 681 g/mol. The third kappa shape index (κ3) is 31.1. The first kappa shape index (κ1) is 48.7. The topological polar surface area (TPSA) is 147 Å². The van der Waals surface area contributed by atoms with Crippen molar-refractivity contribution in [2.24, 2.45) is 5.73 Å². The Bertz CT molecular complexity index is 934. The highest BCUT2D eigenvalue weighted by Crippen LogP contribution is 2.43. The van der Waals surface area contributed by atoms with Gasteiger partial charge in [0.1, 0.15) is 6.61 Å². The highest BCUT2D eigenvalue weighted by molar-refractivity contribution is 7.47. The molecule has 1 aliphatic rings. The minimum Gasteiger partial charge on any atom is -0.462 e. The largest absolute Gasteiger partial charge is 0.472 e. The van der Waals surface area contributed by atoms with E-state index in [1.165, 1.54) is 96.3 Å². The van der Waals surface area contributed by atoms with Gasteiger partial charge in [0.05, 0.1) is 25.4 Å². The van der Waals surface area contributed by atoms with Gasteiger partial charge in [0.25, 0.3) is 0 Å². The first-order chi connectivity index (χ1) is 25.3. The van der Waals surface area contributed by atoms with Gasteiger partial charge in [-0.1, -0.05) is 154 Å². The van der Waals surface area contributed by atoms with Crippen LogP contribution in [0.1, 0.15) is 194 Å². The fourth-order valence-corrected chi connectivity index (χ4v) is 7.05. The van der Waals surface area contributed by atoms with Crippen LogP contribution in [0.25, 0.3) is 0 Å². The van der Waals surface area contributed by atoms with Crippen LogP contribution < -0.4 is 5.73 Å². The number of ether oxygens (including phenoxy) is 3. The number of phosphoric ester groups is 1. The molecule has 0 aromatic carbocycles. The zero-order valence-electron chi connectivity index (χ0n) is 33.3. The second kappa shape index (κ2) is 34.2. The molecule has 0 radical (unpaired) electrons. The number of allylic oxidation sites excluding steroid dienone is 1. The van der Waals surface area contributed by atoms with Crippen LogP contribution in [-0.4, -0.2) is 61.5 Å². The number of carbonyl (C=O) groups is 2. The summed E-state index contributed by atoms with van der Waals surface area (Å²) in [4.78, 5) is 34.9. The molecule has 306 valence electrons. The molecule has 0 bridgehead atoms. The van der Waals surface area contributed by atoms with Crippen LogP contribution in [0.3, 0.4) is 0 Å². The second-order valence-corrected chi connectivity index (χ2v) is 16.1. The SMILES string of the molecule is CCCCC/C=C\CC1OC1CCCCCCCC(=O)O[C@H](COC(=O)CCCCCCCCCCCCCCCCC)COP(=O)(O)OCCN. The average Bonchev–Trinajstić information content (AvgIpc) is 3.89. The van der Waals surface area contributed by atoms with Gasteiger partial charge in [-0.2, -0.15) is 0 Å². The Morgan fingerprint density at radius 1 is 0.673 bits per heavy atom. The minimum atomic E-state index is -4.38.